The van der Waals surface area contributed by atoms with Crippen molar-refractivity contribution in [1.29, 1.82) is 0 Å². The van der Waals surface area contributed by atoms with Crippen molar-refractivity contribution < 1.29 is 4.79 Å². The molecule has 5 heteroatoms. The second-order valence-corrected chi connectivity index (χ2v) is 3.89. The molecule has 4 nitrogen and oxygen atoms in total. The van der Waals surface area contributed by atoms with Crippen LogP contribution in [0.2, 0.25) is 5.15 Å². The van der Waals surface area contributed by atoms with Gasteiger partial charge in [-0.05, 0) is 19.1 Å². The van der Waals surface area contributed by atoms with Crippen LogP contribution in [0.3, 0.4) is 0 Å². The number of hydrogen-bond donors (Lipinski definition) is 2. The first-order valence-corrected chi connectivity index (χ1v) is 5.06. The van der Waals surface area contributed by atoms with E-state index in [1.165, 1.54) is 6.20 Å². The number of nitrogens with zero attached hydrogens (tertiary/aromatic N) is 1. The third-order valence-electron chi connectivity index (χ3n) is 2.20. The van der Waals surface area contributed by atoms with Gasteiger partial charge in [-0.1, -0.05) is 18.5 Å². The summed E-state index contributed by atoms with van der Waals surface area (Å²) in [5, 5.41) is 3.07. The molecule has 1 rings (SSSR count). The fourth-order valence-electron chi connectivity index (χ4n) is 0.975. The molecule has 82 valence electrons. The van der Waals surface area contributed by atoms with Crippen molar-refractivity contribution in [2.75, 3.05) is 5.32 Å². The maximum atomic E-state index is 11.6. The van der Waals surface area contributed by atoms with E-state index in [1.807, 2.05) is 0 Å². The number of anilines is 1. The first kappa shape index (κ1) is 11.9. The molecule has 0 spiro atoms. The summed E-state index contributed by atoms with van der Waals surface area (Å²) in [6, 6.07) is 3.09. The average molecular weight is 228 g/mol. The van der Waals surface area contributed by atoms with Gasteiger partial charge in [-0.2, -0.15) is 0 Å². The van der Waals surface area contributed by atoms with Crippen molar-refractivity contribution in [1.82, 2.24) is 4.98 Å². The zero-order chi connectivity index (χ0) is 11.4. The average Bonchev–Trinajstić information content (AvgIpc) is 2.16. The lowest BCUT2D eigenvalue weighted by Crippen LogP contribution is -2.34. The number of halogens is 1. The van der Waals surface area contributed by atoms with Gasteiger partial charge in [-0.15, -0.1) is 0 Å². The van der Waals surface area contributed by atoms with Gasteiger partial charge in [0.05, 0.1) is 5.92 Å². The number of carbonyl (C=O) groups excluding carboxylic acids is 1. The first-order chi connectivity index (χ1) is 7.00. The highest BCUT2D eigenvalue weighted by atomic mass is 35.5. The van der Waals surface area contributed by atoms with Crippen LogP contribution in [0, 0.1) is 5.92 Å². The zero-order valence-corrected chi connectivity index (χ0v) is 9.45. The Labute approximate surface area is 93.8 Å². The topological polar surface area (TPSA) is 68.0 Å². The predicted octanol–water partition coefficient (Wildman–Crippen LogP) is 1.66. The molecule has 0 aliphatic carbocycles. The molecule has 2 atom stereocenters. The molecule has 0 saturated heterocycles. The smallest absolute Gasteiger partial charge is 0.228 e. The maximum Gasteiger partial charge on any atom is 0.228 e. The lowest BCUT2D eigenvalue weighted by Gasteiger charge is -2.15. The molecule has 3 N–H and O–H groups in total. The lowest BCUT2D eigenvalue weighted by molar-refractivity contribution is -0.119. The minimum Gasteiger partial charge on any atom is -0.327 e. The summed E-state index contributed by atoms with van der Waals surface area (Å²) in [6.45, 7) is 3.58. The van der Waals surface area contributed by atoms with E-state index in [0.717, 1.165) is 0 Å². The first-order valence-electron chi connectivity index (χ1n) is 4.68. The van der Waals surface area contributed by atoms with Gasteiger partial charge in [0, 0.05) is 17.9 Å². The second-order valence-electron chi connectivity index (χ2n) is 3.50. The highest BCUT2D eigenvalue weighted by Gasteiger charge is 2.16. The summed E-state index contributed by atoms with van der Waals surface area (Å²) in [5.41, 5.74) is 6.25. The summed E-state index contributed by atoms with van der Waals surface area (Å²) >= 11 is 5.68. The van der Waals surface area contributed by atoms with Gasteiger partial charge in [0.1, 0.15) is 5.15 Å². The molecule has 0 radical (unpaired) electrons. The SMILES string of the molecule is CC(N)C(C)C(=O)Nc1ccnc(Cl)c1. The highest BCUT2D eigenvalue weighted by molar-refractivity contribution is 6.29. The molecular weight excluding hydrogens is 214 g/mol. The number of aromatic nitrogens is 1. The van der Waals surface area contributed by atoms with Gasteiger partial charge >= 0.3 is 0 Å². The molecule has 15 heavy (non-hydrogen) atoms. The Morgan fingerprint density at radius 2 is 2.27 bits per heavy atom. The van der Waals surface area contributed by atoms with Crippen molar-refractivity contribution >= 4 is 23.2 Å². The molecule has 1 amide bonds. The molecule has 1 aromatic heterocycles. The third kappa shape index (κ3) is 3.49. The van der Waals surface area contributed by atoms with E-state index >= 15 is 0 Å². The van der Waals surface area contributed by atoms with Crippen molar-refractivity contribution in [2.24, 2.45) is 11.7 Å². The van der Waals surface area contributed by atoms with E-state index in [0.29, 0.717) is 10.8 Å². The summed E-state index contributed by atoms with van der Waals surface area (Å²) in [6.07, 6.45) is 1.54. The van der Waals surface area contributed by atoms with Crippen LogP contribution in [0.1, 0.15) is 13.8 Å². The minimum absolute atomic E-state index is 0.118. The van der Waals surface area contributed by atoms with Gasteiger partial charge in [0.15, 0.2) is 0 Å². The van der Waals surface area contributed by atoms with Gasteiger partial charge in [0.25, 0.3) is 0 Å². The maximum absolute atomic E-state index is 11.6. The van der Waals surface area contributed by atoms with Gasteiger partial charge in [-0.3, -0.25) is 4.79 Å². The molecule has 0 bridgehead atoms. The standard InChI is InChI=1S/C10H14ClN3O/c1-6(7(2)12)10(15)14-8-3-4-13-9(11)5-8/h3-7H,12H2,1-2H3,(H,13,14,15). The van der Waals surface area contributed by atoms with Crippen LogP contribution >= 0.6 is 11.6 Å². The van der Waals surface area contributed by atoms with E-state index in [-0.39, 0.29) is 17.9 Å². The number of hydrogen-bond acceptors (Lipinski definition) is 3. The van der Waals surface area contributed by atoms with Gasteiger partial charge in [-0.25, -0.2) is 4.98 Å². The Hall–Kier alpha value is -1.13. The fraction of sp³-hybridized carbons (Fsp3) is 0.400. The Balaban J connectivity index is 2.66. The molecule has 0 fully saturated rings. The van der Waals surface area contributed by atoms with E-state index < -0.39 is 0 Å². The third-order valence-corrected chi connectivity index (χ3v) is 2.40. The highest BCUT2D eigenvalue weighted by Crippen LogP contribution is 2.13. The normalized spacial score (nSPS) is 14.4. The molecule has 2 unspecified atom stereocenters. The van der Waals surface area contributed by atoms with Crippen molar-refractivity contribution in [3.8, 4) is 0 Å². The molecule has 1 aromatic rings. The van der Waals surface area contributed by atoms with Crippen molar-refractivity contribution in [2.45, 2.75) is 19.9 Å². The molecule has 0 aromatic carbocycles. The van der Waals surface area contributed by atoms with Crippen molar-refractivity contribution in [3.05, 3.63) is 23.5 Å². The van der Waals surface area contributed by atoms with Crippen LogP contribution in [-0.2, 0) is 4.79 Å². The van der Waals surface area contributed by atoms with E-state index in [9.17, 15) is 4.79 Å². The van der Waals surface area contributed by atoms with Crippen LogP contribution in [0.4, 0.5) is 5.69 Å². The molecule has 1 heterocycles. The Morgan fingerprint density at radius 1 is 1.60 bits per heavy atom. The van der Waals surface area contributed by atoms with E-state index in [2.05, 4.69) is 10.3 Å². The number of pyridine rings is 1. The number of carbonyl (C=O) groups is 1. The molecule has 0 saturated carbocycles. The molecular formula is C10H14ClN3O. The Kier molecular flexibility index (Phi) is 4.05. The van der Waals surface area contributed by atoms with E-state index in [4.69, 9.17) is 17.3 Å². The summed E-state index contributed by atoms with van der Waals surface area (Å²) in [7, 11) is 0. The number of rotatable bonds is 3. The van der Waals surface area contributed by atoms with Crippen LogP contribution in [-0.4, -0.2) is 16.9 Å². The van der Waals surface area contributed by atoms with Crippen LogP contribution < -0.4 is 11.1 Å². The molecule has 0 aliphatic heterocycles. The lowest BCUT2D eigenvalue weighted by atomic mass is 10.0. The van der Waals surface area contributed by atoms with Crippen LogP contribution in [0.5, 0.6) is 0 Å². The van der Waals surface area contributed by atoms with Crippen LogP contribution in [0.15, 0.2) is 18.3 Å². The number of amides is 1. The largest absolute Gasteiger partial charge is 0.327 e. The minimum atomic E-state index is -0.239. The Bertz CT molecular complexity index is 354. The second kappa shape index (κ2) is 5.09. The quantitative estimate of drug-likeness (QED) is 0.772. The number of nitrogens with one attached hydrogen (secondary N) is 1. The van der Waals surface area contributed by atoms with Crippen LogP contribution in [0.25, 0.3) is 0 Å². The monoisotopic (exact) mass is 227 g/mol. The molecule has 0 aliphatic rings. The fourth-order valence-corrected chi connectivity index (χ4v) is 1.15. The zero-order valence-electron chi connectivity index (χ0n) is 8.70. The predicted molar refractivity (Wildman–Crippen MR) is 60.7 cm³/mol. The van der Waals surface area contributed by atoms with E-state index in [1.54, 1.807) is 26.0 Å². The van der Waals surface area contributed by atoms with Gasteiger partial charge < -0.3 is 11.1 Å². The number of nitrogens with two attached hydrogens (primary N) is 1. The van der Waals surface area contributed by atoms with Crippen molar-refractivity contribution in [3.63, 3.8) is 0 Å². The van der Waals surface area contributed by atoms with Gasteiger partial charge in [0.2, 0.25) is 5.91 Å². The Morgan fingerprint density at radius 3 is 2.80 bits per heavy atom. The summed E-state index contributed by atoms with van der Waals surface area (Å²) < 4.78 is 0. The summed E-state index contributed by atoms with van der Waals surface area (Å²) in [4.78, 5) is 15.4. The summed E-state index contributed by atoms with van der Waals surface area (Å²) in [5.74, 6) is -0.357.